The third-order valence-corrected chi connectivity index (χ3v) is 6.76. The van der Waals surface area contributed by atoms with E-state index in [4.69, 9.17) is 4.98 Å². The molecule has 3 aromatic carbocycles. The summed E-state index contributed by atoms with van der Waals surface area (Å²) in [5.41, 5.74) is 3.27. The van der Waals surface area contributed by atoms with Crippen LogP contribution in [-0.2, 0) is 6.42 Å². The Labute approximate surface area is 207 Å². The molecule has 1 saturated heterocycles. The molecule has 1 aliphatic rings. The maximum absolute atomic E-state index is 13.3. The number of halogens is 1. The third-order valence-electron chi connectivity index (χ3n) is 6.76. The molecule has 1 amide bonds. The van der Waals surface area contributed by atoms with Crippen molar-refractivity contribution in [1.29, 1.82) is 0 Å². The van der Waals surface area contributed by atoms with Crippen molar-refractivity contribution < 1.29 is 9.18 Å². The van der Waals surface area contributed by atoms with Crippen LogP contribution >= 0.6 is 0 Å². The third kappa shape index (κ3) is 3.94. The quantitative estimate of drug-likeness (QED) is 0.383. The minimum Gasteiger partial charge on any atom is -0.338 e. The molecule has 0 saturated carbocycles. The fourth-order valence-electron chi connectivity index (χ4n) is 4.92. The van der Waals surface area contributed by atoms with Crippen LogP contribution in [0, 0.1) is 5.82 Å². The summed E-state index contributed by atoms with van der Waals surface area (Å²) in [5, 5.41) is 10.1. The molecule has 36 heavy (non-hydrogen) atoms. The van der Waals surface area contributed by atoms with E-state index in [1.165, 1.54) is 24.3 Å². The highest BCUT2D eigenvalue weighted by atomic mass is 19.1. The Hall–Kier alpha value is -4.33. The molecule has 0 N–H and O–H groups in total. The van der Waals surface area contributed by atoms with Gasteiger partial charge in [0.25, 0.3) is 5.91 Å². The topological polar surface area (TPSA) is 66.6 Å². The SMILES string of the molecule is C[C@@H]1CN(c2nc3ccccc3c3nnc(Cc4ccccc4)n23)CCN1C(=O)c1ccc(F)cc1. The minimum atomic E-state index is -0.351. The molecule has 1 fully saturated rings. The molecule has 3 heterocycles. The van der Waals surface area contributed by atoms with Gasteiger partial charge in [0.05, 0.1) is 5.52 Å². The Morgan fingerprint density at radius 1 is 0.944 bits per heavy atom. The number of hydrogen-bond donors (Lipinski definition) is 0. The molecule has 0 radical (unpaired) electrons. The summed E-state index contributed by atoms with van der Waals surface area (Å²) >= 11 is 0. The number of fused-ring (bicyclic) bond motifs is 3. The summed E-state index contributed by atoms with van der Waals surface area (Å²) in [4.78, 5) is 22.2. The maximum Gasteiger partial charge on any atom is 0.254 e. The van der Waals surface area contributed by atoms with Gasteiger partial charge in [-0.2, -0.15) is 0 Å². The van der Waals surface area contributed by atoms with Gasteiger partial charge >= 0.3 is 0 Å². The van der Waals surface area contributed by atoms with E-state index >= 15 is 0 Å². The molecule has 2 aromatic heterocycles. The molecule has 0 spiro atoms. The number of benzene rings is 3. The summed E-state index contributed by atoms with van der Waals surface area (Å²) in [6.45, 7) is 3.78. The fraction of sp³-hybridized carbons (Fsp3) is 0.214. The molecular formula is C28H25FN6O. The Morgan fingerprint density at radius 3 is 2.47 bits per heavy atom. The number of nitrogens with zero attached hydrogens (tertiary/aromatic N) is 6. The lowest BCUT2D eigenvalue weighted by atomic mass is 10.1. The van der Waals surface area contributed by atoms with E-state index in [1.807, 2.05) is 54.3 Å². The van der Waals surface area contributed by atoms with Gasteiger partial charge in [-0.05, 0) is 48.9 Å². The van der Waals surface area contributed by atoms with Crippen molar-refractivity contribution >= 4 is 28.4 Å². The van der Waals surface area contributed by atoms with Crippen LogP contribution in [0.25, 0.3) is 16.6 Å². The molecule has 6 rings (SSSR count). The lowest BCUT2D eigenvalue weighted by molar-refractivity contribution is 0.0673. The average molecular weight is 481 g/mol. The van der Waals surface area contributed by atoms with Crippen LogP contribution in [0.4, 0.5) is 10.3 Å². The van der Waals surface area contributed by atoms with E-state index in [2.05, 4.69) is 31.6 Å². The minimum absolute atomic E-state index is 0.0614. The van der Waals surface area contributed by atoms with Crippen molar-refractivity contribution in [2.75, 3.05) is 24.5 Å². The molecule has 0 bridgehead atoms. The Morgan fingerprint density at radius 2 is 1.69 bits per heavy atom. The summed E-state index contributed by atoms with van der Waals surface area (Å²) < 4.78 is 15.4. The largest absolute Gasteiger partial charge is 0.338 e. The number of rotatable bonds is 4. The van der Waals surface area contributed by atoms with Gasteiger partial charge in [0.2, 0.25) is 5.95 Å². The predicted octanol–water partition coefficient (Wildman–Crippen LogP) is 4.36. The Kier molecular flexibility index (Phi) is 5.56. The molecular weight excluding hydrogens is 455 g/mol. The monoisotopic (exact) mass is 480 g/mol. The second kappa shape index (κ2) is 9.03. The van der Waals surface area contributed by atoms with Crippen LogP contribution in [0.15, 0.2) is 78.9 Å². The van der Waals surface area contributed by atoms with Gasteiger partial charge in [0.15, 0.2) is 5.65 Å². The van der Waals surface area contributed by atoms with Crippen molar-refractivity contribution in [3.05, 3.63) is 102 Å². The zero-order valence-corrected chi connectivity index (χ0v) is 19.9. The maximum atomic E-state index is 13.3. The van der Waals surface area contributed by atoms with Crippen molar-refractivity contribution in [2.24, 2.45) is 0 Å². The highest BCUT2D eigenvalue weighted by Gasteiger charge is 2.30. The zero-order chi connectivity index (χ0) is 24.6. The summed E-state index contributed by atoms with van der Waals surface area (Å²) in [6, 6.07) is 23.8. The van der Waals surface area contributed by atoms with Crippen molar-refractivity contribution in [2.45, 2.75) is 19.4 Å². The van der Waals surface area contributed by atoms with Gasteiger partial charge in [0, 0.05) is 43.0 Å². The van der Waals surface area contributed by atoms with E-state index in [9.17, 15) is 9.18 Å². The van der Waals surface area contributed by atoms with Gasteiger partial charge in [-0.15, -0.1) is 10.2 Å². The standard InChI is InChI=1S/C28H25FN6O/c1-19-18-33(15-16-34(19)27(36)21-11-13-22(29)14-12-21)28-30-24-10-6-5-9-23(24)26-32-31-25(35(26)28)17-20-7-3-2-4-8-20/h2-14,19H,15-18H2,1H3/t19-/m1/s1. The van der Waals surface area contributed by atoms with Crippen molar-refractivity contribution in [3.63, 3.8) is 0 Å². The molecule has 1 atom stereocenters. The molecule has 0 unspecified atom stereocenters. The van der Waals surface area contributed by atoms with Crippen molar-refractivity contribution in [3.8, 4) is 0 Å². The summed E-state index contributed by atoms with van der Waals surface area (Å²) in [7, 11) is 0. The lowest BCUT2D eigenvalue weighted by Gasteiger charge is -2.40. The number of carbonyl (C=O) groups excluding carboxylic acids is 1. The van der Waals surface area contributed by atoms with E-state index < -0.39 is 0 Å². The van der Waals surface area contributed by atoms with Crippen LogP contribution < -0.4 is 4.90 Å². The smallest absolute Gasteiger partial charge is 0.254 e. The predicted molar refractivity (Wildman–Crippen MR) is 137 cm³/mol. The van der Waals surface area contributed by atoms with Crippen LogP contribution in [-0.4, -0.2) is 56.1 Å². The van der Waals surface area contributed by atoms with Crippen molar-refractivity contribution in [1.82, 2.24) is 24.5 Å². The number of para-hydroxylation sites is 1. The van der Waals surface area contributed by atoms with E-state index in [1.54, 1.807) is 0 Å². The highest BCUT2D eigenvalue weighted by molar-refractivity contribution is 5.95. The number of carbonyl (C=O) groups is 1. The lowest BCUT2D eigenvalue weighted by Crippen LogP contribution is -2.54. The Balaban J connectivity index is 1.36. The highest BCUT2D eigenvalue weighted by Crippen LogP contribution is 2.27. The second-order valence-corrected chi connectivity index (χ2v) is 9.17. The first-order valence-electron chi connectivity index (χ1n) is 12.1. The number of aromatic nitrogens is 4. The number of hydrogen-bond acceptors (Lipinski definition) is 5. The van der Waals surface area contributed by atoms with Gasteiger partial charge in [-0.25, -0.2) is 13.8 Å². The van der Waals surface area contributed by atoms with Gasteiger partial charge in [-0.1, -0.05) is 42.5 Å². The molecule has 8 heteroatoms. The first kappa shape index (κ1) is 22.2. The van der Waals surface area contributed by atoms with E-state index in [0.717, 1.165) is 33.9 Å². The normalized spacial score (nSPS) is 16.1. The van der Waals surface area contributed by atoms with E-state index in [0.29, 0.717) is 31.6 Å². The summed E-state index contributed by atoms with van der Waals surface area (Å²) in [5.74, 6) is 1.16. The second-order valence-electron chi connectivity index (χ2n) is 9.17. The molecule has 180 valence electrons. The summed E-state index contributed by atoms with van der Waals surface area (Å²) in [6.07, 6.45) is 0.633. The molecule has 1 aliphatic heterocycles. The van der Waals surface area contributed by atoms with Gasteiger partial charge in [-0.3, -0.25) is 4.79 Å². The van der Waals surface area contributed by atoms with Crippen LogP contribution in [0.5, 0.6) is 0 Å². The van der Waals surface area contributed by atoms with Crippen LogP contribution in [0.2, 0.25) is 0 Å². The van der Waals surface area contributed by atoms with Gasteiger partial charge in [0.1, 0.15) is 11.6 Å². The molecule has 0 aliphatic carbocycles. The molecule has 7 nitrogen and oxygen atoms in total. The van der Waals surface area contributed by atoms with E-state index in [-0.39, 0.29) is 17.8 Å². The van der Waals surface area contributed by atoms with Gasteiger partial charge < -0.3 is 9.80 Å². The number of anilines is 1. The number of amides is 1. The first-order valence-corrected chi connectivity index (χ1v) is 12.1. The average Bonchev–Trinajstić information content (AvgIpc) is 3.33. The van der Waals surface area contributed by atoms with Crippen LogP contribution in [0.3, 0.4) is 0 Å². The first-order chi connectivity index (χ1) is 17.6. The molecule has 5 aromatic rings. The Bertz CT molecular complexity index is 1550. The zero-order valence-electron chi connectivity index (χ0n) is 19.9. The fourth-order valence-corrected chi connectivity index (χ4v) is 4.92. The van der Waals surface area contributed by atoms with Crippen LogP contribution in [0.1, 0.15) is 28.7 Å². The number of piperazine rings is 1.